The van der Waals surface area contributed by atoms with Gasteiger partial charge >= 0.3 is 0 Å². The first-order valence-corrected chi connectivity index (χ1v) is 10.2. The normalized spacial score (nSPS) is 38.6. The van der Waals surface area contributed by atoms with E-state index in [0.29, 0.717) is 11.8 Å². The number of fused-ring (bicyclic) bond motifs is 1. The number of carbonyl (C=O) groups excluding carboxylic acids is 2. The fourth-order valence-electron chi connectivity index (χ4n) is 6.21. The summed E-state index contributed by atoms with van der Waals surface area (Å²) in [5, 5.41) is 3.46. The van der Waals surface area contributed by atoms with Gasteiger partial charge in [-0.3, -0.25) is 9.59 Å². The van der Waals surface area contributed by atoms with Crippen LogP contribution in [0.15, 0.2) is 30.3 Å². The highest BCUT2D eigenvalue weighted by Gasteiger charge is 2.75. The van der Waals surface area contributed by atoms with E-state index >= 15 is 0 Å². The van der Waals surface area contributed by atoms with Gasteiger partial charge in [0.05, 0.1) is 23.2 Å². The minimum absolute atomic E-state index is 0.0339. The summed E-state index contributed by atoms with van der Waals surface area (Å²) in [6.07, 6.45) is 2.41. The number of epoxide rings is 1. The van der Waals surface area contributed by atoms with E-state index in [2.05, 4.69) is 27.7 Å². The zero-order valence-electron chi connectivity index (χ0n) is 16.5. The van der Waals surface area contributed by atoms with Crippen molar-refractivity contribution in [2.24, 2.45) is 22.7 Å². The Morgan fingerprint density at radius 3 is 2.52 bits per heavy atom. The van der Waals surface area contributed by atoms with Crippen molar-refractivity contribution in [3.63, 3.8) is 0 Å². The Balaban J connectivity index is 1.59. The quantitative estimate of drug-likeness (QED) is 0.769. The van der Waals surface area contributed by atoms with Crippen LogP contribution in [0.25, 0.3) is 0 Å². The number of amides is 2. The van der Waals surface area contributed by atoms with Crippen molar-refractivity contribution in [2.45, 2.75) is 65.2 Å². The molecule has 2 aliphatic heterocycles. The van der Waals surface area contributed by atoms with Gasteiger partial charge in [-0.2, -0.15) is 0 Å². The molecule has 144 valence electrons. The number of hydrogen-bond acceptors (Lipinski definition) is 3. The van der Waals surface area contributed by atoms with Gasteiger partial charge in [0.2, 0.25) is 0 Å². The molecule has 2 saturated heterocycles. The summed E-state index contributed by atoms with van der Waals surface area (Å²) >= 11 is 0. The van der Waals surface area contributed by atoms with Crippen LogP contribution in [0.4, 0.5) is 5.69 Å². The summed E-state index contributed by atoms with van der Waals surface area (Å²) in [7, 11) is 0. The number of hydrazine groups is 1. The monoisotopic (exact) mass is 368 g/mol. The van der Waals surface area contributed by atoms with E-state index in [9.17, 15) is 9.59 Å². The molecule has 27 heavy (non-hydrogen) atoms. The van der Waals surface area contributed by atoms with Gasteiger partial charge in [-0.25, -0.2) is 10.0 Å². The summed E-state index contributed by atoms with van der Waals surface area (Å²) in [5.74, 6) is 0.850. The molecule has 0 unspecified atom stereocenters. The standard InChI is InChI=1S/C22H28N2O3/c1-13(2)17-18(27-17)19(25)24-16-12-14-10-11-22(16,21(14,3)4)20(26)23(24)15-8-6-5-7-9-15/h5-9,13-14,16-18H,10-12H2,1-4H3/t14-,16-,17+,18-,22+/m1/s1. The van der Waals surface area contributed by atoms with Crippen LogP contribution in [0, 0.1) is 22.7 Å². The Morgan fingerprint density at radius 2 is 1.93 bits per heavy atom. The van der Waals surface area contributed by atoms with Crippen molar-refractivity contribution in [2.75, 3.05) is 5.01 Å². The second kappa shape index (κ2) is 5.34. The minimum atomic E-state index is -0.467. The second-order valence-corrected chi connectivity index (χ2v) is 9.58. The molecule has 2 heterocycles. The maximum atomic E-state index is 13.8. The Morgan fingerprint density at radius 1 is 1.22 bits per heavy atom. The Hall–Kier alpha value is -1.88. The van der Waals surface area contributed by atoms with Crippen molar-refractivity contribution in [3.05, 3.63) is 30.3 Å². The third-order valence-electron chi connectivity index (χ3n) is 7.87. The number of carbonyl (C=O) groups is 2. The average molecular weight is 368 g/mol. The summed E-state index contributed by atoms with van der Waals surface area (Å²) in [6, 6.07) is 9.56. The zero-order valence-corrected chi connectivity index (χ0v) is 16.5. The highest BCUT2D eigenvalue weighted by Crippen LogP contribution is 2.70. The number of para-hydroxylation sites is 1. The van der Waals surface area contributed by atoms with Crippen LogP contribution in [0.5, 0.6) is 0 Å². The van der Waals surface area contributed by atoms with Gasteiger partial charge < -0.3 is 4.74 Å². The molecule has 2 aliphatic carbocycles. The molecule has 4 fully saturated rings. The molecule has 5 rings (SSSR count). The first-order chi connectivity index (χ1) is 12.8. The molecule has 0 radical (unpaired) electrons. The summed E-state index contributed by atoms with van der Waals surface area (Å²) < 4.78 is 5.72. The molecular formula is C22H28N2O3. The van der Waals surface area contributed by atoms with E-state index in [4.69, 9.17) is 4.74 Å². The lowest BCUT2D eigenvalue weighted by atomic mass is 9.67. The molecule has 5 atom stereocenters. The Bertz CT molecular complexity index is 805. The number of rotatable bonds is 3. The van der Waals surface area contributed by atoms with E-state index in [1.165, 1.54) is 0 Å². The van der Waals surface area contributed by atoms with E-state index in [1.807, 2.05) is 30.3 Å². The van der Waals surface area contributed by atoms with Crippen molar-refractivity contribution in [1.29, 1.82) is 0 Å². The molecule has 0 N–H and O–H groups in total. The van der Waals surface area contributed by atoms with Gasteiger partial charge in [-0.05, 0) is 48.6 Å². The van der Waals surface area contributed by atoms with Gasteiger partial charge in [0.15, 0.2) is 6.10 Å². The molecule has 2 amide bonds. The average Bonchev–Trinajstić information content (AvgIpc) is 3.31. The van der Waals surface area contributed by atoms with Crippen molar-refractivity contribution in [1.82, 2.24) is 5.01 Å². The SMILES string of the molecule is CC(C)[C@@H]1O[C@H]1C(=O)N1[C@@H]2C[C@H]3CC[C@]2(C(=O)N1c1ccccc1)C3(C)C. The molecule has 1 aromatic carbocycles. The molecule has 2 saturated carbocycles. The highest BCUT2D eigenvalue weighted by molar-refractivity contribution is 6.05. The summed E-state index contributed by atoms with van der Waals surface area (Å²) in [6.45, 7) is 8.60. The lowest BCUT2D eigenvalue weighted by Gasteiger charge is -2.34. The first-order valence-electron chi connectivity index (χ1n) is 10.2. The predicted octanol–water partition coefficient (Wildman–Crippen LogP) is 3.40. The molecule has 1 aromatic rings. The van der Waals surface area contributed by atoms with E-state index in [1.54, 1.807) is 10.0 Å². The second-order valence-electron chi connectivity index (χ2n) is 9.58. The lowest BCUT2D eigenvalue weighted by molar-refractivity contribution is -0.135. The third kappa shape index (κ3) is 1.98. The summed E-state index contributed by atoms with van der Waals surface area (Å²) in [4.78, 5) is 27.3. The molecule has 5 heteroatoms. The first kappa shape index (κ1) is 17.2. The fraction of sp³-hybridized carbons (Fsp3) is 0.636. The lowest BCUT2D eigenvalue weighted by Crippen LogP contribution is -2.49. The maximum Gasteiger partial charge on any atom is 0.273 e. The van der Waals surface area contributed by atoms with Gasteiger partial charge in [0.25, 0.3) is 11.8 Å². The van der Waals surface area contributed by atoms with Crippen LogP contribution in [-0.2, 0) is 14.3 Å². The van der Waals surface area contributed by atoms with Gasteiger partial charge in [0.1, 0.15) is 0 Å². The van der Waals surface area contributed by atoms with Gasteiger partial charge in [-0.15, -0.1) is 0 Å². The molecular weight excluding hydrogens is 340 g/mol. The molecule has 4 aliphatic rings. The number of anilines is 1. The van der Waals surface area contributed by atoms with Crippen LogP contribution in [0.2, 0.25) is 0 Å². The van der Waals surface area contributed by atoms with E-state index in [-0.39, 0.29) is 29.4 Å². The minimum Gasteiger partial charge on any atom is -0.359 e. The van der Waals surface area contributed by atoms with Crippen molar-refractivity contribution >= 4 is 17.5 Å². The summed E-state index contributed by atoms with van der Waals surface area (Å²) in [5.41, 5.74) is 0.227. The van der Waals surface area contributed by atoms with Gasteiger partial charge in [0, 0.05) is 0 Å². The fourth-order valence-corrected chi connectivity index (χ4v) is 6.21. The predicted molar refractivity (Wildman–Crippen MR) is 102 cm³/mol. The maximum absolute atomic E-state index is 13.8. The van der Waals surface area contributed by atoms with Crippen molar-refractivity contribution < 1.29 is 14.3 Å². The zero-order chi connectivity index (χ0) is 19.1. The third-order valence-corrected chi connectivity index (χ3v) is 7.87. The Kier molecular flexibility index (Phi) is 3.41. The topological polar surface area (TPSA) is 53.2 Å². The Labute approximate surface area is 160 Å². The van der Waals surface area contributed by atoms with E-state index in [0.717, 1.165) is 24.9 Å². The van der Waals surface area contributed by atoms with Crippen LogP contribution in [0.3, 0.4) is 0 Å². The molecule has 5 nitrogen and oxygen atoms in total. The van der Waals surface area contributed by atoms with Crippen LogP contribution < -0.4 is 5.01 Å². The van der Waals surface area contributed by atoms with Crippen LogP contribution in [-0.4, -0.2) is 35.1 Å². The van der Waals surface area contributed by atoms with Crippen molar-refractivity contribution in [3.8, 4) is 0 Å². The smallest absolute Gasteiger partial charge is 0.273 e. The number of ether oxygens (including phenoxy) is 1. The van der Waals surface area contributed by atoms with Crippen LogP contribution in [0.1, 0.15) is 47.0 Å². The van der Waals surface area contributed by atoms with Crippen LogP contribution >= 0.6 is 0 Å². The highest BCUT2D eigenvalue weighted by atomic mass is 16.6. The largest absolute Gasteiger partial charge is 0.359 e. The number of hydrogen-bond donors (Lipinski definition) is 0. The molecule has 0 aromatic heterocycles. The van der Waals surface area contributed by atoms with E-state index < -0.39 is 11.5 Å². The molecule has 1 spiro atoms. The van der Waals surface area contributed by atoms with Gasteiger partial charge in [-0.1, -0.05) is 45.9 Å². The number of nitrogens with zero attached hydrogens (tertiary/aromatic N) is 2. The number of benzene rings is 1. The molecule has 2 bridgehead atoms.